The number of nitrogens with one attached hydrogen (secondary N) is 2. The number of benzene rings is 2. The van der Waals surface area contributed by atoms with Crippen molar-refractivity contribution >= 4 is 29.0 Å². The van der Waals surface area contributed by atoms with Gasteiger partial charge in [0.25, 0.3) is 5.91 Å². The number of ether oxygens (including phenoxy) is 2. The first-order valence-corrected chi connectivity index (χ1v) is 11.7. The van der Waals surface area contributed by atoms with Gasteiger partial charge in [-0.1, -0.05) is 18.2 Å². The molecule has 1 amide bonds. The molecule has 0 saturated carbocycles. The third-order valence-electron chi connectivity index (χ3n) is 6.38. The Morgan fingerprint density at radius 3 is 2.80 bits per heavy atom. The molecule has 10 heteroatoms. The summed E-state index contributed by atoms with van der Waals surface area (Å²) in [4.78, 5) is 18.9. The third-order valence-corrected chi connectivity index (χ3v) is 6.38. The number of carbonyl (C=O) groups is 1. The molecule has 3 aromatic rings. The molecule has 0 bridgehead atoms. The van der Waals surface area contributed by atoms with Gasteiger partial charge in [0.2, 0.25) is 5.95 Å². The first-order valence-electron chi connectivity index (χ1n) is 11.7. The summed E-state index contributed by atoms with van der Waals surface area (Å²) in [7, 11) is 3.73. The lowest BCUT2D eigenvalue weighted by Crippen LogP contribution is -2.26. The number of methoxy groups -OCH3 is 1. The SMILES string of the molecule is COc1cc2c(cc1Nc1nnc(C(N)=O)c(Nc3ccccc3C3CCCO3)n1)CN(C)CC2. The Kier molecular flexibility index (Phi) is 6.47. The molecule has 0 radical (unpaired) electrons. The number of anilines is 4. The van der Waals surface area contributed by atoms with Crippen molar-refractivity contribution in [3.8, 4) is 5.75 Å². The number of nitrogens with two attached hydrogens (primary N) is 1. The average molecular weight is 476 g/mol. The van der Waals surface area contributed by atoms with E-state index in [1.165, 1.54) is 11.1 Å². The zero-order valence-corrected chi connectivity index (χ0v) is 19.9. The third kappa shape index (κ3) is 4.89. The molecule has 2 aliphatic rings. The largest absolute Gasteiger partial charge is 0.495 e. The number of hydrogen-bond donors (Lipinski definition) is 3. The standard InChI is InChI=1S/C25H29N7O3/c1-32-10-9-15-13-21(34-2)19(12-16(15)14-32)28-25-29-24(22(23(26)33)30-31-25)27-18-7-4-3-6-17(18)20-8-5-11-35-20/h3-4,6-7,12-13,20H,5,8-11,14H2,1-2H3,(H2,26,33)(H2,27,28,29,31). The summed E-state index contributed by atoms with van der Waals surface area (Å²) in [5.41, 5.74) is 10.5. The van der Waals surface area contributed by atoms with E-state index in [0.717, 1.165) is 55.9 Å². The van der Waals surface area contributed by atoms with Gasteiger partial charge >= 0.3 is 0 Å². The maximum Gasteiger partial charge on any atom is 0.273 e. The van der Waals surface area contributed by atoms with E-state index in [4.69, 9.17) is 15.2 Å². The second-order valence-electron chi connectivity index (χ2n) is 8.84. The monoisotopic (exact) mass is 475 g/mol. The number of carbonyl (C=O) groups excluding carboxylic acids is 1. The van der Waals surface area contributed by atoms with Gasteiger partial charge in [-0.3, -0.25) is 4.79 Å². The van der Waals surface area contributed by atoms with E-state index in [2.05, 4.69) is 43.8 Å². The molecule has 2 aromatic carbocycles. The fourth-order valence-corrected chi connectivity index (χ4v) is 4.59. The molecule has 0 spiro atoms. The molecule has 10 nitrogen and oxygen atoms in total. The average Bonchev–Trinajstić information content (AvgIpc) is 3.39. The molecule has 1 atom stereocenters. The van der Waals surface area contributed by atoms with Crippen LogP contribution in [0, 0.1) is 0 Å². The van der Waals surface area contributed by atoms with E-state index in [0.29, 0.717) is 5.75 Å². The fraction of sp³-hybridized carbons (Fsp3) is 0.360. The van der Waals surface area contributed by atoms with Crippen LogP contribution >= 0.6 is 0 Å². The highest BCUT2D eigenvalue weighted by Gasteiger charge is 2.23. The van der Waals surface area contributed by atoms with Crippen molar-refractivity contribution in [2.75, 3.05) is 37.9 Å². The first-order chi connectivity index (χ1) is 17.0. The van der Waals surface area contributed by atoms with Crippen LogP contribution in [0.2, 0.25) is 0 Å². The topological polar surface area (TPSA) is 128 Å². The van der Waals surface area contributed by atoms with Crippen LogP contribution in [0.1, 0.15) is 46.1 Å². The molecule has 1 aromatic heterocycles. The van der Waals surface area contributed by atoms with E-state index in [1.54, 1.807) is 7.11 Å². The molecular weight excluding hydrogens is 446 g/mol. The minimum Gasteiger partial charge on any atom is -0.495 e. The summed E-state index contributed by atoms with van der Waals surface area (Å²) in [5, 5.41) is 14.6. The van der Waals surface area contributed by atoms with Crippen molar-refractivity contribution in [1.82, 2.24) is 20.1 Å². The van der Waals surface area contributed by atoms with Gasteiger partial charge in [-0.2, -0.15) is 4.98 Å². The van der Waals surface area contributed by atoms with E-state index >= 15 is 0 Å². The number of primary amides is 1. The Labute approximate surface area is 203 Å². The molecule has 1 saturated heterocycles. The van der Waals surface area contributed by atoms with Crippen molar-refractivity contribution in [3.63, 3.8) is 0 Å². The Hall–Kier alpha value is -3.76. The lowest BCUT2D eigenvalue weighted by Gasteiger charge is -2.26. The van der Waals surface area contributed by atoms with Crippen LogP contribution in [-0.4, -0.2) is 53.3 Å². The summed E-state index contributed by atoms with van der Waals surface area (Å²) in [6.45, 7) is 2.58. The van der Waals surface area contributed by atoms with Crippen LogP contribution < -0.4 is 21.1 Å². The number of fused-ring (bicyclic) bond motifs is 1. The number of aromatic nitrogens is 3. The highest BCUT2D eigenvalue weighted by Crippen LogP contribution is 2.36. The van der Waals surface area contributed by atoms with Crippen molar-refractivity contribution in [3.05, 3.63) is 58.8 Å². The Balaban J connectivity index is 1.47. The van der Waals surface area contributed by atoms with Crippen molar-refractivity contribution in [1.29, 1.82) is 0 Å². The maximum atomic E-state index is 12.1. The quantitative estimate of drug-likeness (QED) is 0.471. The Bertz CT molecular complexity index is 1240. The van der Waals surface area contributed by atoms with Crippen LogP contribution in [0.25, 0.3) is 0 Å². The lowest BCUT2D eigenvalue weighted by atomic mass is 9.99. The fourth-order valence-electron chi connectivity index (χ4n) is 4.59. The van der Waals surface area contributed by atoms with Gasteiger partial charge in [0, 0.05) is 30.9 Å². The molecule has 0 aliphatic carbocycles. The second kappa shape index (κ2) is 9.85. The number of rotatable bonds is 7. The molecule has 5 rings (SSSR count). The number of hydrogen-bond acceptors (Lipinski definition) is 9. The summed E-state index contributed by atoms with van der Waals surface area (Å²) < 4.78 is 11.5. The Morgan fingerprint density at radius 1 is 1.17 bits per heavy atom. The van der Waals surface area contributed by atoms with Gasteiger partial charge < -0.3 is 30.7 Å². The smallest absolute Gasteiger partial charge is 0.273 e. The van der Waals surface area contributed by atoms with Crippen LogP contribution in [0.15, 0.2) is 36.4 Å². The van der Waals surface area contributed by atoms with Crippen LogP contribution in [0.3, 0.4) is 0 Å². The van der Waals surface area contributed by atoms with Crippen LogP contribution in [0.4, 0.5) is 23.1 Å². The predicted octanol–water partition coefficient (Wildman–Crippen LogP) is 3.31. The van der Waals surface area contributed by atoms with E-state index in [-0.39, 0.29) is 23.6 Å². The normalized spacial score (nSPS) is 17.6. The van der Waals surface area contributed by atoms with Crippen molar-refractivity contribution < 1.29 is 14.3 Å². The minimum absolute atomic E-state index is 0.0130. The number of amides is 1. The summed E-state index contributed by atoms with van der Waals surface area (Å²) in [6.07, 6.45) is 2.89. The summed E-state index contributed by atoms with van der Waals surface area (Å²) >= 11 is 0. The predicted molar refractivity (Wildman–Crippen MR) is 132 cm³/mol. The lowest BCUT2D eigenvalue weighted by molar-refractivity contribution is 0.0995. The zero-order chi connectivity index (χ0) is 24.4. The summed E-state index contributed by atoms with van der Waals surface area (Å²) in [6, 6.07) is 11.9. The van der Waals surface area contributed by atoms with E-state index < -0.39 is 5.91 Å². The van der Waals surface area contributed by atoms with Crippen LogP contribution in [-0.2, 0) is 17.7 Å². The van der Waals surface area contributed by atoms with Gasteiger partial charge in [0.1, 0.15) is 5.75 Å². The number of likely N-dealkylation sites (N-methyl/N-ethyl adjacent to an activating group) is 1. The Morgan fingerprint density at radius 2 is 2.03 bits per heavy atom. The van der Waals surface area contributed by atoms with Crippen molar-refractivity contribution in [2.45, 2.75) is 31.9 Å². The molecule has 3 heterocycles. The van der Waals surface area contributed by atoms with Gasteiger partial charge in [0.15, 0.2) is 11.5 Å². The van der Waals surface area contributed by atoms with Gasteiger partial charge in [-0.15, -0.1) is 10.2 Å². The number of para-hydroxylation sites is 1. The van der Waals surface area contributed by atoms with Gasteiger partial charge in [0.05, 0.1) is 18.9 Å². The van der Waals surface area contributed by atoms with Gasteiger partial charge in [-0.25, -0.2) is 0 Å². The van der Waals surface area contributed by atoms with Crippen LogP contribution in [0.5, 0.6) is 5.75 Å². The zero-order valence-electron chi connectivity index (χ0n) is 19.9. The molecule has 182 valence electrons. The molecule has 1 fully saturated rings. The molecule has 2 aliphatic heterocycles. The molecular formula is C25H29N7O3. The van der Waals surface area contributed by atoms with E-state index in [1.807, 2.05) is 30.3 Å². The minimum atomic E-state index is -0.719. The highest BCUT2D eigenvalue weighted by atomic mass is 16.5. The van der Waals surface area contributed by atoms with E-state index in [9.17, 15) is 4.79 Å². The summed E-state index contributed by atoms with van der Waals surface area (Å²) in [5.74, 6) is 0.406. The van der Waals surface area contributed by atoms with Crippen molar-refractivity contribution in [2.24, 2.45) is 5.73 Å². The molecule has 4 N–H and O–H groups in total. The highest BCUT2D eigenvalue weighted by molar-refractivity contribution is 5.96. The second-order valence-corrected chi connectivity index (χ2v) is 8.84. The number of nitrogens with zero attached hydrogens (tertiary/aromatic N) is 4. The van der Waals surface area contributed by atoms with Gasteiger partial charge in [-0.05, 0) is 55.6 Å². The first kappa shape index (κ1) is 23.0. The molecule has 1 unspecified atom stereocenters. The molecule has 35 heavy (non-hydrogen) atoms. The maximum absolute atomic E-state index is 12.1.